The van der Waals surface area contributed by atoms with E-state index in [0.29, 0.717) is 10.9 Å². The Labute approximate surface area is 151 Å². The Morgan fingerprint density at radius 2 is 2.22 bits per heavy atom. The van der Waals surface area contributed by atoms with E-state index in [2.05, 4.69) is 15.3 Å². The molecule has 9 nitrogen and oxygen atoms in total. The fourth-order valence-corrected chi connectivity index (χ4v) is 3.61. The van der Waals surface area contributed by atoms with Crippen LogP contribution < -0.4 is 20.7 Å². The topological polar surface area (TPSA) is 120 Å². The quantitative estimate of drug-likeness (QED) is 0.801. The number of methoxy groups -OCH3 is 1. The second-order valence-corrected chi connectivity index (χ2v) is 6.23. The van der Waals surface area contributed by atoms with Crippen molar-refractivity contribution < 1.29 is 27.8 Å². The number of anilines is 1. The van der Waals surface area contributed by atoms with Gasteiger partial charge in [-0.15, -0.1) is 0 Å². The molecule has 3 N–H and O–H groups in total. The summed E-state index contributed by atoms with van der Waals surface area (Å²) in [5.74, 6) is -0.290. The van der Waals surface area contributed by atoms with Crippen LogP contribution >= 0.6 is 0 Å². The van der Waals surface area contributed by atoms with Crippen LogP contribution in [0.4, 0.5) is 19.4 Å². The van der Waals surface area contributed by atoms with Crippen LogP contribution in [0.2, 0.25) is 0 Å². The minimum Gasteiger partial charge on any atom is -0.496 e. The maximum atomic E-state index is 13.8. The third kappa shape index (κ3) is 2.66. The minimum atomic E-state index is -2.77. The first-order chi connectivity index (χ1) is 12.9. The molecule has 1 unspecified atom stereocenters. The number of alkyl halides is 2. The molecule has 11 heteroatoms. The van der Waals surface area contributed by atoms with Gasteiger partial charge in [0.05, 0.1) is 24.2 Å². The van der Waals surface area contributed by atoms with E-state index in [1.165, 1.54) is 30.5 Å². The Morgan fingerprint density at radius 3 is 2.89 bits per heavy atom. The number of aromatic nitrogens is 2. The predicted molar refractivity (Wildman–Crippen MR) is 88.9 cm³/mol. The summed E-state index contributed by atoms with van der Waals surface area (Å²) >= 11 is 0. The summed E-state index contributed by atoms with van der Waals surface area (Å²) in [6.45, 7) is 0.0947. The highest BCUT2D eigenvalue weighted by atomic mass is 19.3. The number of halogens is 2. The van der Waals surface area contributed by atoms with E-state index < -0.39 is 36.6 Å². The number of ether oxygens (including phenoxy) is 2. The Bertz CT molecular complexity index is 940. The summed E-state index contributed by atoms with van der Waals surface area (Å²) in [4.78, 5) is 32.6. The van der Waals surface area contributed by atoms with Gasteiger partial charge in [-0.05, 0) is 12.1 Å². The van der Waals surface area contributed by atoms with Crippen molar-refractivity contribution in [3.63, 3.8) is 0 Å². The lowest BCUT2D eigenvalue weighted by molar-refractivity contribution is 0.0499. The van der Waals surface area contributed by atoms with Crippen molar-refractivity contribution in [2.75, 3.05) is 18.6 Å². The Balaban J connectivity index is 1.84. The lowest BCUT2D eigenvalue weighted by Crippen LogP contribution is -2.42. The number of primary amides is 1. The van der Waals surface area contributed by atoms with Crippen molar-refractivity contribution in [3.05, 3.63) is 24.0 Å². The van der Waals surface area contributed by atoms with Gasteiger partial charge in [0.25, 0.3) is 12.3 Å². The number of rotatable bonds is 4. The molecule has 2 aromatic rings. The smallest absolute Gasteiger partial charge is 0.407 e. The van der Waals surface area contributed by atoms with Gasteiger partial charge >= 0.3 is 6.09 Å². The van der Waals surface area contributed by atoms with Gasteiger partial charge in [-0.1, -0.05) is 0 Å². The molecule has 1 aromatic carbocycles. The van der Waals surface area contributed by atoms with Crippen LogP contribution in [0.1, 0.15) is 10.4 Å². The van der Waals surface area contributed by atoms with Crippen LogP contribution in [0.5, 0.6) is 5.75 Å². The second-order valence-electron chi connectivity index (χ2n) is 6.23. The average Bonchev–Trinajstić information content (AvgIpc) is 3.15. The first-order valence-corrected chi connectivity index (χ1v) is 8.05. The maximum Gasteiger partial charge on any atom is 0.407 e. The summed E-state index contributed by atoms with van der Waals surface area (Å²) in [6.07, 6.45) is -3.26. The summed E-state index contributed by atoms with van der Waals surface area (Å²) in [7, 11) is 1.36. The molecule has 1 aromatic heterocycles. The third-order valence-electron chi connectivity index (χ3n) is 4.76. The van der Waals surface area contributed by atoms with Gasteiger partial charge in [0, 0.05) is 11.9 Å². The van der Waals surface area contributed by atoms with Crippen molar-refractivity contribution in [1.82, 2.24) is 15.3 Å². The Morgan fingerprint density at radius 1 is 1.44 bits per heavy atom. The van der Waals surface area contributed by atoms with E-state index in [1.807, 2.05) is 0 Å². The van der Waals surface area contributed by atoms with Gasteiger partial charge < -0.3 is 25.4 Å². The number of hydrogen-bond acceptors (Lipinski definition) is 7. The molecule has 0 radical (unpaired) electrons. The Kier molecular flexibility index (Phi) is 3.93. The number of fused-ring (bicyclic) bond motifs is 2. The molecular weight excluding hydrogens is 364 g/mol. The number of hydrogen-bond donors (Lipinski definition) is 2. The van der Waals surface area contributed by atoms with E-state index in [-0.39, 0.29) is 23.7 Å². The number of nitrogens with zero attached hydrogens (tertiary/aromatic N) is 3. The van der Waals surface area contributed by atoms with Crippen LogP contribution in [0.15, 0.2) is 18.5 Å². The van der Waals surface area contributed by atoms with Crippen LogP contribution in [0.25, 0.3) is 10.9 Å². The average molecular weight is 379 g/mol. The maximum absolute atomic E-state index is 13.8. The molecule has 0 aliphatic carbocycles. The van der Waals surface area contributed by atoms with Crippen LogP contribution in [0.3, 0.4) is 0 Å². The van der Waals surface area contributed by atoms with Crippen molar-refractivity contribution in [3.8, 4) is 5.75 Å². The summed E-state index contributed by atoms with van der Waals surface area (Å²) in [5, 5.41) is 2.94. The highest BCUT2D eigenvalue weighted by Gasteiger charge is 2.53. The molecule has 2 fully saturated rings. The molecule has 3 atom stereocenters. The zero-order valence-electron chi connectivity index (χ0n) is 14.1. The first-order valence-electron chi connectivity index (χ1n) is 8.05. The fraction of sp³-hybridized carbons (Fsp3) is 0.375. The SMILES string of the molecule is COc1cc2c(N3C[C@H]4NC(=O)O[C@H]4C3C(F)F)ncnc2cc1C(N)=O. The van der Waals surface area contributed by atoms with Crippen molar-refractivity contribution in [2.24, 2.45) is 5.73 Å². The van der Waals surface area contributed by atoms with E-state index in [9.17, 15) is 18.4 Å². The first kappa shape index (κ1) is 17.2. The van der Waals surface area contributed by atoms with Crippen LogP contribution in [0, 0.1) is 0 Å². The largest absolute Gasteiger partial charge is 0.496 e. The van der Waals surface area contributed by atoms with Gasteiger partial charge in [0.1, 0.15) is 23.9 Å². The molecule has 2 saturated heterocycles. The summed E-state index contributed by atoms with van der Waals surface area (Å²) in [5.41, 5.74) is 5.82. The molecule has 4 rings (SSSR count). The second kappa shape index (κ2) is 6.18. The molecule has 0 saturated carbocycles. The van der Waals surface area contributed by atoms with Crippen molar-refractivity contribution in [1.29, 1.82) is 0 Å². The van der Waals surface area contributed by atoms with Gasteiger partial charge in [0.15, 0.2) is 6.10 Å². The predicted octanol–water partition coefficient (Wildman–Crippen LogP) is 0.668. The molecule has 2 amide bonds. The summed E-state index contributed by atoms with van der Waals surface area (Å²) in [6, 6.07) is 0.969. The van der Waals surface area contributed by atoms with Crippen LogP contribution in [-0.4, -0.2) is 60.2 Å². The standard InChI is InChI=1S/C16H15F2N5O4/c1-26-10-3-6-8(2-7(10)14(19)24)20-5-21-15(6)23-4-9-12(11(23)13(17)18)27-16(25)22-9/h2-3,5,9,11-13H,4H2,1H3,(H2,19,24)(H,22,25)/t9-,11?,12-/m1/s1. The third-order valence-corrected chi connectivity index (χ3v) is 4.76. The van der Waals surface area contributed by atoms with E-state index in [0.717, 1.165) is 0 Å². The fourth-order valence-electron chi connectivity index (χ4n) is 3.61. The number of alkyl carbamates (subject to hydrolysis) is 1. The highest BCUT2D eigenvalue weighted by Crippen LogP contribution is 2.37. The van der Waals surface area contributed by atoms with Gasteiger partial charge in [0.2, 0.25) is 0 Å². The van der Waals surface area contributed by atoms with Gasteiger partial charge in [-0.3, -0.25) is 4.79 Å². The normalized spacial score (nSPS) is 24.1. The molecule has 2 aliphatic rings. The zero-order chi connectivity index (χ0) is 19.3. The molecule has 142 valence electrons. The number of amides is 2. The number of benzene rings is 1. The molecular formula is C16H15F2N5O4. The van der Waals surface area contributed by atoms with Crippen LogP contribution in [-0.2, 0) is 4.74 Å². The van der Waals surface area contributed by atoms with E-state index in [4.69, 9.17) is 15.2 Å². The molecule has 27 heavy (non-hydrogen) atoms. The monoisotopic (exact) mass is 379 g/mol. The molecule has 0 bridgehead atoms. The zero-order valence-corrected chi connectivity index (χ0v) is 14.1. The number of carbonyl (C=O) groups is 2. The van der Waals surface area contributed by atoms with Crippen molar-refractivity contribution >= 4 is 28.7 Å². The van der Waals surface area contributed by atoms with E-state index >= 15 is 0 Å². The Hall–Kier alpha value is -3.24. The van der Waals surface area contributed by atoms with E-state index in [1.54, 1.807) is 0 Å². The van der Waals surface area contributed by atoms with Gasteiger partial charge in [-0.2, -0.15) is 0 Å². The number of nitrogens with one attached hydrogen (secondary N) is 1. The minimum absolute atomic E-state index is 0.0947. The molecule has 0 spiro atoms. The van der Waals surface area contributed by atoms with Gasteiger partial charge in [-0.25, -0.2) is 23.5 Å². The molecule has 3 heterocycles. The lowest BCUT2D eigenvalue weighted by Gasteiger charge is -2.28. The molecule has 2 aliphatic heterocycles. The number of carbonyl (C=O) groups excluding carboxylic acids is 2. The lowest BCUT2D eigenvalue weighted by atomic mass is 10.1. The van der Waals surface area contributed by atoms with Crippen molar-refractivity contribution in [2.45, 2.75) is 24.6 Å². The highest BCUT2D eigenvalue weighted by molar-refractivity contribution is 6.02. The number of nitrogens with two attached hydrogens (primary N) is 1. The summed E-state index contributed by atoms with van der Waals surface area (Å²) < 4.78 is 37.7.